The van der Waals surface area contributed by atoms with Gasteiger partial charge in [0.1, 0.15) is 0 Å². The van der Waals surface area contributed by atoms with Gasteiger partial charge in [-0.05, 0) is 25.4 Å². The lowest BCUT2D eigenvalue weighted by Crippen LogP contribution is -2.42. The first-order valence-electron chi connectivity index (χ1n) is 4.43. The predicted octanol–water partition coefficient (Wildman–Crippen LogP) is 1.56. The maximum absolute atomic E-state index is 11.6. The number of halogens is 3. The largest absolute Gasteiger partial charge is 0.391 e. The quantitative estimate of drug-likeness (QED) is 0.675. The van der Waals surface area contributed by atoms with E-state index in [1.54, 1.807) is 0 Å². The fourth-order valence-electron chi connectivity index (χ4n) is 1.09. The first kappa shape index (κ1) is 10.8. The van der Waals surface area contributed by atoms with Gasteiger partial charge in [-0.15, -0.1) is 0 Å². The van der Waals surface area contributed by atoms with Crippen LogP contribution in [0.1, 0.15) is 12.8 Å². The molecule has 0 aromatic carbocycles. The van der Waals surface area contributed by atoms with E-state index in [0.717, 1.165) is 19.5 Å². The van der Waals surface area contributed by atoms with Crippen LogP contribution in [0.25, 0.3) is 0 Å². The van der Waals surface area contributed by atoms with E-state index in [1.165, 1.54) is 0 Å². The van der Waals surface area contributed by atoms with Crippen molar-refractivity contribution in [3.8, 4) is 0 Å². The van der Waals surface area contributed by atoms with Gasteiger partial charge in [-0.2, -0.15) is 13.2 Å². The van der Waals surface area contributed by atoms with Crippen molar-refractivity contribution >= 4 is 0 Å². The molecule has 0 aromatic heterocycles. The first-order valence-corrected chi connectivity index (χ1v) is 4.43. The number of hydrogen-bond donors (Lipinski definition) is 1. The fraction of sp³-hybridized carbons (Fsp3) is 1.00. The lowest BCUT2D eigenvalue weighted by Gasteiger charge is -2.26. The molecule has 0 aromatic rings. The van der Waals surface area contributed by atoms with E-state index < -0.39 is 12.6 Å². The van der Waals surface area contributed by atoms with Crippen molar-refractivity contribution in [3.05, 3.63) is 0 Å². The Labute approximate surface area is 75.4 Å². The molecule has 1 aliphatic heterocycles. The summed E-state index contributed by atoms with van der Waals surface area (Å²) in [6.07, 6.45) is -4.06. The smallest absolute Gasteiger partial charge is 0.381 e. The SMILES string of the molecule is FC(F)(F)CCOCCC1CNC1. The van der Waals surface area contributed by atoms with Crippen molar-refractivity contribution < 1.29 is 17.9 Å². The molecule has 0 unspecified atom stereocenters. The Morgan fingerprint density at radius 2 is 1.92 bits per heavy atom. The molecule has 1 heterocycles. The van der Waals surface area contributed by atoms with Crippen molar-refractivity contribution in [2.75, 3.05) is 26.3 Å². The van der Waals surface area contributed by atoms with E-state index in [2.05, 4.69) is 5.32 Å². The maximum Gasteiger partial charge on any atom is 0.391 e. The molecule has 2 nitrogen and oxygen atoms in total. The molecule has 1 fully saturated rings. The van der Waals surface area contributed by atoms with Crippen LogP contribution in [0.2, 0.25) is 0 Å². The Balaban J connectivity index is 1.83. The summed E-state index contributed by atoms with van der Waals surface area (Å²) >= 11 is 0. The minimum Gasteiger partial charge on any atom is -0.381 e. The lowest BCUT2D eigenvalue weighted by atomic mass is 10.0. The highest BCUT2D eigenvalue weighted by atomic mass is 19.4. The molecule has 0 atom stereocenters. The molecule has 13 heavy (non-hydrogen) atoms. The minimum absolute atomic E-state index is 0.205. The van der Waals surface area contributed by atoms with E-state index >= 15 is 0 Å². The van der Waals surface area contributed by atoms with Gasteiger partial charge in [-0.25, -0.2) is 0 Å². The molecule has 78 valence electrons. The van der Waals surface area contributed by atoms with Crippen molar-refractivity contribution in [3.63, 3.8) is 0 Å². The lowest BCUT2D eigenvalue weighted by molar-refractivity contribution is -0.145. The van der Waals surface area contributed by atoms with Crippen molar-refractivity contribution in [1.82, 2.24) is 5.32 Å². The van der Waals surface area contributed by atoms with E-state index in [0.29, 0.717) is 12.5 Å². The van der Waals surface area contributed by atoms with Crippen LogP contribution in [0.5, 0.6) is 0 Å². The van der Waals surface area contributed by atoms with Gasteiger partial charge in [0.05, 0.1) is 13.0 Å². The molecule has 0 spiro atoms. The summed E-state index contributed by atoms with van der Waals surface area (Å²) in [7, 11) is 0. The molecule has 1 N–H and O–H groups in total. The third-order valence-electron chi connectivity index (χ3n) is 2.07. The van der Waals surface area contributed by atoms with E-state index in [9.17, 15) is 13.2 Å². The van der Waals surface area contributed by atoms with Crippen LogP contribution < -0.4 is 5.32 Å². The topological polar surface area (TPSA) is 21.3 Å². The number of ether oxygens (including phenoxy) is 1. The predicted molar refractivity (Wildman–Crippen MR) is 42.5 cm³/mol. The minimum atomic E-state index is -4.09. The van der Waals surface area contributed by atoms with Gasteiger partial charge in [-0.3, -0.25) is 0 Å². The fourth-order valence-corrected chi connectivity index (χ4v) is 1.09. The highest BCUT2D eigenvalue weighted by Crippen LogP contribution is 2.19. The molecular formula is C8H14F3NO. The molecule has 0 amide bonds. The molecule has 0 bridgehead atoms. The summed E-state index contributed by atoms with van der Waals surface area (Å²) in [5.74, 6) is 0.603. The second kappa shape index (κ2) is 4.81. The van der Waals surface area contributed by atoms with Gasteiger partial charge in [-0.1, -0.05) is 0 Å². The van der Waals surface area contributed by atoms with Crippen molar-refractivity contribution in [2.45, 2.75) is 19.0 Å². The van der Waals surface area contributed by atoms with Gasteiger partial charge >= 0.3 is 6.18 Å². The van der Waals surface area contributed by atoms with Crippen LogP contribution in [0.3, 0.4) is 0 Å². The zero-order valence-electron chi connectivity index (χ0n) is 7.36. The van der Waals surface area contributed by atoms with Crippen LogP contribution in [0.15, 0.2) is 0 Å². The van der Waals surface area contributed by atoms with E-state index in [-0.39, 0.29) is 6.61 Å². The number of nitrogens with one attached hydrogen (secondary N) is 1. The van der Waals surface area contributed by atoms with E-state index in [4.69, 9.17) is 4.74 Å². The average molecular weight is 197 g/mol. The zero-order chi connectivity index (χ0) is 9.73. The summed E-state index contributed by atoms with van der Waals surface area (Å²) in [6.45, 7) is 2.19. The Bertz CT molecular complexity index is 145. The van der Waals surface area contributed by atoms with Gasteiger partial charge < -0.3 is 10.1 Å². The standard InChI is InChI=1S/C8H14F3NO/c9-8(10,11)2-4-13-3-1-7-5-12-6-7/h7,12H,1-6H2. The third-order valence-corrected chi connectivity index (χ3v) is 2.07. The summed E-state index contributed by atoms with van der Waals surface area (Å²) in [4.78, 5) is 0. The molecule has 0 radical (unpaired) electrons. The number of alkyl halides is 3. The normalized spacial score (nSPS) is 18.7. The first-order chi connectivity index (χ1) is 6.08. The Kier molecular flexibility index (Phi) is 3.99. The van der Waals surface area contributed by atoms with Gasteiger partial charge in [0.25, 0.3) is 0 Å². The van der Waals surface area contributed by atoms with Crippen LogP contribution in [-0.4, -0.2) is 32.5 Å². The number of rotatable bonds is 5. The Morgan fingerprint density at radius 3 is 2.38 bits per heavy atom. The van der Waals surface area contributed by atoms with Crippen LogP contribution in [0, 0.1) is 5.92 Å². The zero-order valence-corrected chi connectivity index (χ0v) is 7.36. The average Bonchev–Trinajstić information content (AvgIpc) is 1.90. The van der Waals surface area contributed by atoms with Crippen molar-refractivity contribution in [1.29, 1.82) is 0 Å². The monoisotopic (exact) mass is 197 g/mol. The van der Waals surface area contributed by atoms with Gasteiger partial charge in [0, 0.05) is 6.61 Å². The van der Waals surface area contributed by atoms with Crippen LogP contribution >= 0.6 is 0 Å². The second-order valence-electron chi connectivity index (χ2n) is 3.29. The number of hydrogen-bond acceptors (Lipinski definition) is 2. The Morgan fingerprint density at radius 1 is 1.23 bits per heavy atom. The summed E-state index contributed by atoms with van der Waals surface area (Å²) in [5, 5.41) is 3.09. The molecule has 1 rings (SSSR count). The second-order valence-corrected chi connectivity index (χ2v) is 3.29. The molecular weight excluding hydrogens is 183 g/mol. The summed E-state index contributed by atoms with van der Waals surface area (Å²) in [6, 6.07) is 0. The highest BCUT2D eigenvalue weighted by molar-refractivity contribution is 4.73. The molecule has 5 heteroatoms. The molecule has 0 aliphatic carbocycles. The molecule has 1 saturated heterocycles. The molecule has 1 aliphatic rings. The van der Waals surface area contributed by atoms with Crippen LogP contribution in [0.4, 0.5) is 13.2 Å². The third kappa shape index (κ3) is 5.10. The highest BCUT2D eigenvalue weighted by Gasteiger charge is 2.26. The van der Waals surface area contributed by atoms with E-state index in [1.807, 2.05) is 0 Å². The van der Waals surface area contributed by atoms with Crippen molar-refractivity contribution in [2.24, 2.45) is 5.92 Å². The maximum atomic E-state index is 11.6. The summed E-state index contributed by atoms with van der Waals surface area (Å²) < 4.78 is 39.8. The Hall–Kier alpha value is -0.290. The van der Waals surface area contributed by atoms with Gasteiger partial charge in [0.15, 0.2) is 0 Å². The van der Waals surface area contributed by atoms with Crippen LogP contribution in [-0.2, 0) is 4.74 Å². The van der Waals surface area contributed by atoms with Gasteiger partial charge in [0.2, 0.25) is 0 Å². The summed E-state index contributed by atoms with van der Waals surface area (Å²) in [5.41, 5.74) is 0. The molecule has 0 saturated carbocycles.